The molecule has 0 aromatic carbocycles. The fraction of sp³-hybridized carbons (Fsp3) is 0.400. The van der Waals surface area contributed by atoms with Gasteiger partial charge in [0.25, 0.3) is 0 Å². The highest BCUT2D eigenvalue weighted by atomic mass is 16.4. The van der Waals surface area contributed by atoms with Gasteiger partial charge in [-0.25, -0.2) is 0 Å². The molecule has 0 unspecified atom stereocenters. The van der Waals surface area contributed by atoms with Gasteiger partial charge in [0, 0.05) is 6.42 Å². The molecule has 1 aliphatic rings. The van der Waals surface area contributed by atoms with Crippen LogP contribution < -0.4 is 5.32 Å². The molecule has 2 amide bonds. The molecule has 0 radical (unpaired) electrons. The Balaban J connectivity index is 2.72. The van der Waals surface area contributed by atoms with Crippen LogP contribution in [-0.2, 0) is 14.4 Å². The lowest BCUT2D eigenvalue weighted by Gasteiger charge is -1.94. The van der Waals surface area contributed by atoms with Crippen molar-refractivity contribution in [3.8, 4) is 0 Å². The Morgan fingerprint density at radius 3 is 2.40 bits per heavy atom. The molecule has 1 saturated heterocycles. The zero-order valence-electron chi connectivity index (χ0n) is 4.96. The number of carboxylic acid groups (broad SMARTS) is 1. The van der Waals surface area contributed by atoms with E-state index >= 15 is 0 Å². The molecule has 0 bridgehead atoms. The van der Waals surface area contributed by atoms with Gasteiger partial charge in [-0.2, -0.15) is 0 Å². The van der Waals surface area contributed by atoms with E-state index in [1.165, 1.54) is 0 Å². The predicted molar refractivity (Wildman–Crippen MR) is 28.9 cm³/mol. The number of rotatable bonds is 1. The van der Waals surface area contributed by atoms with Crippen molar-refractivity contribution in [2.24, 2.45) is 5.92 Å². The van der Waals surface area contributed by atoms with Crippen LogP contribution in [0.3, 0.4) is 0 Å². The summed E-state index contributed by atoms with van der Waals surface area (Å²) in [6.07, 6.45) is -0.228. The summed E-state index contributed by atoms with van der Waals surface area (Å²) >= 11 is 0. The van der Waals surface area contributed by atoms with Crippen LogP contribution in [0.4, 0.5) is 0 Å². The monoisotopic (exact) mass is 143 g/mol. The van der Waals surface area contributed by atoms with E-state index < -0.39 is 23.7 Å². The molecule has 0 aliphatic carbocycles. The zero-order chi connectivity index (χ0) is 7.72. The normalized spacial score (nSPS) is 24.6. The van der Waals surface area contributed by atoms with Gasteiger partial charge >= 0.3 is 5.97 Å². The van der Waals surface area contributed by atoms with E-state index in [4.69, 9.17) is 5.11 Å². The Morgan fingerprint density at radius 1 is 1.60 bits per heavy atom. The number of carboxylic acids is 1. The summed E-state index contributed by atoms with van der Waals surface area (Å²) in [6.45, 7) is 0. The third kappa shape index (κ3) is 0.975. The summed E-state index contributed by atoms with van der Waals surface area (Å²) in [7, 11) is 0. The highest BCUT2D eigenvalue weighted by Crippen LogP contribution is 2.09. The van der Waals surface area contributed by atoms with Crippen LogP contribution in [0.25, 0.3) is 0 Å². The van der Waals surface area contributed by atoms with Crippen LogP contribution in [0.1, 0.15) is 6.42 Å². The molecule has 5 nitrogen and oxygen atoms in total. The van der Waals surface area contributed by atoms with Crippen molar-refractivity contribution in [2.45, 2.75) is 6.42 Å². The summed E-state index contributed by atoms with van der Waals surface area (Å²) in [5.74, 6) is -3.65. The van der Waals surface area contributed by atoms with Gasteiger partial charge in [0.05, 0.1) is 0 Å². The van der Waals surface area contributed by atoms with Crippen molar-refractivity contribution in [1.29, 1.82) is 0 Å². The quantitative estimate of drug-likeness (QED) is 0.354. The smallest absolute Gasteiger partial charge is 0.316 e. The van der Waals surface area contributed by atoms with Crippen LogP contribution in [0.15, 0.2) is 0 Å². The van der Waals surface area contributed by atoms with Crippen LogP contribution in [0, 0.1) is 5.92 Å². The van der Waals surface area contributed by atoms with Crippen LogP contribution in [0.5, 0.6) is 0 Å². The maximum atomic E-state index is 10.5. The molecule has 5 heteroatoms. The third-order valence-corrected chi connectivity index (χ3v) is 1.27. The average molecular weight is 143 g/mol. The van der Waals surface area contributed by atoms with E-state index in [0.29, 0.717) is 0 Å². The second kappa shape index (κ2) is 2.09. The second-order valence-electron chi connectivity index (χ2n) is 2.01. The number of carbonyl (C=O) groups excluding carboxylic acids is 2. The summed E-state index contributed by atoms with van der Waals surface area (Å²) < 4.78 is 0. The number of aliphatic carboxylic acids is 1. The van der Waals surface area contributed by atoms with Crippen molar-refractivity contribution < 1.29 is 19.5 Å². The first-order valence-electron chi connectivity index (χ1n) is 2.68. The maximum Gasteiger partial charge on any atom is 0.316 e. The van der Waals surface area contributed by atoms with E-state index in [0.717, 1.165) is 0 Å². The molecule has 2 N–H and O–H groups in total. The zero-order valence-corrected chi connectivity index (χ0v) is 4.96. The Hall–Kier alpha value is -1.39. The Bertz CT molecular complexity index is 210. The lowest BCUT2D eigenvalue weighted by atomic mass is 10.1. The highest BCUT2D eigenvalue weighted by molar-refractivity contribution is 6.12. The fourth-order valence-electron chi connectivity index (χ4n) is 0.753. The molecule has 0 aromatic rings. The van der Waals surface area contributed by atoms with Crippen LogP contribution in [-0.4, -0.2) is 22.9 Å². The maximum absolute atomic E-state index is 10.5. The lowest BCUT2D eigenvalue weighted by molar-refractivity contribution is -0.145. The molecular weight excluding hydrogens is 138 g/mol. The molecule has 1 fully saturated rings. The van der Waals surface area contributed by atoms with E-state index in [1.807, 2.05) is 5.32 Å². The Kier molecular flexibility index (Phi) is 1.41. The van der Waals surface area contributed by atoms with Gasteiger partial charge < -0.3 is 5.11 Å². The van der Waals surface area contributed by atoms with E-state index in [1.54, 1.807) is 0 Å². The number of hydrogen-bond acceptors (Lipinski definition) is 3. The standard InChI is InChI=1S/C5H5NO4/c7-3-1-2(5(9)10)4(8)6-3/h2H,1H2,(H,9,10)(H,6,7,8)/t2-/m1/s1. The van der Waals surface area contributed by atoms with Crippen LogP contribution in [0.2, 0.25) is 0 Å². The number of carbonyl (C=O) groups is 3. The number of amides is 2. The first-order valence-corrected chi connectivity index (χ1v) is 2.68. The molecule has 54 valence electrons. The molecule has 1 atom stereocenters. The first kappa shape index (κ1) is 6.73. The van der Waals surface area contributed by atoms with Gasteiger partial charge in [-0.3, -0.25) is 19.7 Å². The largest absolute Gasteiger partial charge is 0.481 e. The minimum atomic E-state index is -1.25. The molecular formula is C5H5NO4. The summed E-state index contributed by atoms with van der Waals surface area (Å²) in [6, 6.07) is 0. The number of nitrogens with one attached hydrogen (secondary N) is 1. The van der Waals surface area contributed by atoms with Crippen molar-refractivity contribution in [2.75, 3.05) is 0 Å². The third-order valence-electron chi connectivity index (χ3n) is 1.27. The van der Waals surface area contributed by atoms with Gasteiger partial charge in [0.2, 0.25) is 11.8 Å². The van der Waals surface area contributed by atoms with Gasteiger partial charge in [-0.15, -0.1) is 0 Å². The molecule has 1 aliphatic heterocycles. The average Bonchev–Trinajstić information content (AvgIpc) is 2.10. The second-order valence-corrected chi connectivity index (χ2v) is 2.01. The SMILES string of the molecule is O=C1C[C@@H](C(=O)O)C(=O)N1. The Morgan fingerprint density at radius 2 is 2.20 bits per heavy atom. The highest BCUT2D eigenvalue weighted by Gasteiger charge is 2.35. The molecule has 0 aromatic heterocycles. The summed E-state index contributed by atoms with van der Waals surface area (Å²) in [5.41, 5.74) is 0. The van der Waals surface area contributed by atoms with Gasteiger partial charge in [-0.05, 0) is 0 Å². The minimum Gasteiger partial charge on any atom is -0.481 e. The van der Waals surface area contributed by atoms with Gasteiger partial charge in [0.1, 0.15) is 5.92 Å². The molecule has 10 heavy (non-hydrogen) atoms. The molecule has 1 rings (SSSR count). The summed E-state index contributed by atoms with van der Waals surface area (Å²) in [5, 5.41) is 10.2. The van der Waals surface area contributed by atoms with Gasteiger partial charge in [0.15, 0.2) is 0 Å². The van der Waals surface area contributed by atoms with Crippen molar-refractivity contribution in [1.82, 2.24) is 5.32 Å². The predicted octanol–water partition coefficient (Wildman–Crippen LogP) is -1.27. The first-order chi connectivity index (χ1) is 4.61. The molecule has 0 spiro atoms. The van der Waals surface area contributed by atoms with Crippen molar-refractivity contribution in [3.63, 3.8) is 0 Å². The van der Waals surface area contributed by atoms with Crippen molar-refractivity contribution in [3.05, 3.63) is 0 Å². The van der Waals surface area contributed by atoms with E-state index in [-0.39, 0.29) is 6.42 Å². The summed E-state index contributed by atoms with van der Waals surface area (Å²) in [4.78, 5) is 31.0. The van der Waals surface area contributed by atoms with Crippen molar-refractivity contribution >= 4 is 17.8 Å². The fourth-order valence-corrected chi connectivity index (χ4v) is 0.753. The van der Waals surface area contributed by atoms with Gasteiger partial charge in [-0.1, -0.05) is 0 Å². The Labute approximate surface area is 56.0 Å². The topological polar surface area (TPSA) is 83.5 Å². The molecule has 1 heterocycles. The van der Waals surface area contributed by atoms with E-state index in [9.17, 15) is 14.4 Å². The van der Waals surface area contributed by atoms with E-state index in [2.05, 4.69) is 0 Å². The number of hydrogen-bond donors (Lipinski definition) is 2. The number of imide groups is 1. The minimum absolute atomic E-state index is 0.228. The molecule has 0 saturated carbocycles. The lowest BCUT2D eigenvalue weighted by Crippen LogP contribution is -2.25. The van der Waals surface area contributed by atoms with Crippen LogP contribution >= 0.6 is 0 Å².